The predicted molar refractivity (Wildman–Crippen MR) is 102 cm³/mol. The lowest BCUT2D eigenvalue weighted by Gasteiger charge is -2.28. The highest BCUT2D eigenvalue weighted by molar-refractivity contribution is 5.91. The normalized spacial score (nSPS) is 17.6. The van der Waals surface area contributed by atoms with Gasteiger partial charge in [0.15, 0.2) is 0 Å². The van der Waals surface area contributed by atoms with Crippen LogP contribution in [0.4, 0.5) is 4.39 Å². The van der Waals surface area contributed by atoms with Crippen LogP contribution in [0.25, 0.3) is 0 Å². The fourth-order valence-electron chi connectivity index (χ4n) is 3.65. The lowest BCUT2D eigenvalue weighted by molar-refractivity contribution is -0.139. The molecule has 2 aromatic rings. The third kappa shape index (κ3) is 4.54. The van der Waals surface area contributed by atoms with Crippen molar-refractivity contribution in [3.8, 4) is 0 Å². The molecule has 1 aliphatic heterocycles. The zero-order chi connectivity index (χ0) is 19.2. The molecule has 0 radical (unpaired) electrons. The number of amides is 2. The molecule has 0 bridgehead atoms. The van der Waals surface area contributed by atoms with E-state index in [9.17, 15) is 14.0 Å². The second-order valence-corrected chi connectivity index (χ2v) is 6.91. The monoisotopic (exact) mass is 368 g/mol. The van der Waals surface area contributed by atoms with Crippen LogP contribution in [0.15, 0.2) is 54.6 Å². The van der Waals surface area contributed by atoms with E-state index < -0.39 is 6.04 Å². The van der Waals surface area contributed by atoms with E-state index in [0.717, 1.165) is 17.5 Å². The molecule has 1 saturated heterocycles. The third-order valence-corrected chi connectivity index (χ3v) is 5.13. The molecule has 1 aliphatic rings. The van der Waals surface area contributed by atoms with E-state index in [4.69, 9.17) is 0 Å². The van der Waals surface area contributed by atoms with Crippen LogP contribution in [0.1, 0.15) is 43.2 Å². The van der Waals surface area contributed by atoms with Crippen LogP contribution in [-0.4, -0.2) is 29.3 Å². The van der Waals surface area contributed by atoms with Gasteiger partial charge in [0.25, 0.3) is 0 Å². The minimum Gasteiger partial charge on any atom is -0.350 e. The zero-order valence-corrected chi connectivity index (χ0v) is 15.5. The van der Waals surface area contributed by atoms with Gasteiger partial charge in [0, 0.05) is 13.1 Å². The van der Waals surface area contributed by atoms with Crippen molar-refractivity contribution in [3.63, 3.8) is 0 Å². The predicted octanol–water partition coefficient (Wildman–Crippen LogP) is 3.63. The van der Waals surface area contributed by atoms with Crippen molar-refractivity contribution < 1.29 is 14.0 Å². The second kappa shape index (κ2) is 8.80. The van der Waals surface area contributed by atoms with Gasteiger partial charge >= 0.3 is 0 Å². The maximum atomic E-state index is 13.2. The highest BCUT2D eigenvalue weighted by Gasteiger charge is 2.36. The van der Waals surface area contributed by atoms with Crippen LogP contribution >= 0.6 is 0 Å². The number of carbonyl (C=O) groups is 2. The summed E-state index contributed by atoms with van der Waals surface area (Å²) in [5.41, 5.74) is 1.82. The summed E-state index contributed by atoms with van der Waals surface area (Å²) in [4.78, 5) is 27.5. The van der Waals surface area contributed by atoms with E-state index in [1.165, 1.54) is 12.1 Å². The number of benzene rings is 2. The summed E-state index contributed by atoms with van der Waals surface area (Å²) in [7, 11) is 0. The first kappa shape index (κ1) is 19.1. The maximum absolute atomic E-state index is 13.2. The maximum Gasteiger partial charge on any atom is 0.243 e. The molecule has 2 aromatic carbocycles. The number of hydrogen-bond donors (Lipinski definition) is 1. The van der Waals surface area contributed by atoms with Crippen molar-refractivity contribution in [1.29, 1.82) is 0 Å². The average molecular weight is 368 g/mol. The zero-order valence-electron chi connectivity index (χ0n) is 15.5. The Morgan fingerprint density at radius 3 is 2.52 bits per heavy atom. The number of rotatable bonds is 6. The highest BCUT2D eigenvalue weighted by atomic mass is 19.1. The van der Waals surface area contributed by atoms with E-state index in [-0.39, 0.29) is 23.5 Å². The Balaban J connectivity index is 1.67. The number of halogens is 1. The number of nitrogens with zero attached hydrogens (tertiary/aromatic N) is 1. The van der Waals surface area contributed by atoms with Crippen molar-refractivity contribution in [2.24, 2.45) is 0 Å². The fourth-order valence-corrected chi connectivity index (χ4v) is 3.65. The van der Waals surface area contributed by atoms with E-state index >= 15 is 0 Å². The largest absolute Gasteiger partial charge is 0.350 e. The minimum absolute atomic E-state index is 0.0542. The molecule has 0 aromatic heterocycles. The van der Waals surface area contributed by atoms with Crippen molar-refractivity contribution in [2.75, 3.05) is 6.54 Å². The summed E-state index contributed by atoms with van der Waals surface area (Å²) in [5, 5.41) is 2.95. The number of carbonyl (C=O) groups excluding carboxylic acids is 2. The molecule has 2 amide bonds. The third-order valence-electron chi connectivity index (χ3n) is 5.13. The Labute approximate surface area is 159 Å². The highest BCUT2D eigenvalue weighted by Crippen LogP contribution is 2.27. The molecular weight excluding hydrogens is 343 g/mol. The molecule has 0 saturated carbocycles. The van der Waals surface area contributed by atoms with Crippen LogP contribution in [-0.2, 0) is 16.1 Å². The van der Waals surface area contributed by atoms with Gasteiger partial charge in [-0.2, -0.15) is 0 Å². The van der Waals surface area contributed by atoms with Gasteiger partial charge in [0.05, 0.1) is 5.92 Å². The fraction of sp³-hybridized carbons (Fsp3) is 0.364. The Morgan fingerprint density at radius 1 is 1.15 bits per heavy atom. The first-order valence-electron chi connectivity index (χ1n) is 9.47. The van der Waals surface area contributed by atoms with E-state index in [1.54, 1.807) is 17.0 Å². The molecule has 27 heavy (non-hydrogen) atoms. The summed E-state index contributed by atoms with van der Waals surface area (Å²) in [6, 6.07) is 15.3. The summed E-state index contributed by atoms with van der Waals surface area (Å²) in [6.45, 7) is 2.97. The first-order valence-corrected chi connectivity index (χ1v) is 9.47. The lowest BCUT2D eigenvalue weighted by atomic mass is 9.94. The summed E-state index contributed by atoms with van der Waals surface area (Å²) in [6.07, 6.45) is 2.10. The standard InChI is InChI=1S/C22H25FN2O2/c1-2-19(17-10-12-18(23)13-11-17)22(27)25-14-6-9-20(25)21(26)24-15-16-7-4-3-5-8-16/h3-5,7-8,10-13,19-20H,2,6,9,14-15H2,1H3,(H,24,26)/t19?,20-/m0/s1. The number of likely N-dealkylation sites (tertiary alicyclic amines) is 1. The molecule has 1 N–H and O–H groups in total. The average Bonchev–Trinajstić information content (AvgIpc) is 3.19. The van der Waals surface area contributed by atoms with Crippen molar-refractivity contribution in [2.45, 2.75) is 44.7 Å². The molecule has 3 rings (SSSR count). The van der Waals surface area contributed by atoms with Crippen molar-refractivity contribution in [3.05, 3.63) is 71.5 Å². The van der Waals surface area contributed by atoms with Gasteiger partial charge in [0.2, 0.25) is 11.8 Å². The van der Waals surface area contributed by atoms with Crippen LogP contribution in [0.2, 0.25) is 0 Å². The van der Waals surface area contributed by atoms with Crippen molar-refractivity contribution in [1.82, 2.24) is 10.2 Å². The van der Waals surface area contributed by atoms with Crippen LogP contribution in [0.3, 0.4) is 0 Å². The SMILES string of the molecule is CCC(C(=O)N1CCC[C@H]1C(=O)NCc1ccccc1)c1ccc(F)cc1. The van der Waals surface area contributed by atoms with Gasteiger partial charge in [-0.05, 0) is 42.5 Å². The molecule has 1 heterocycles. The molecule has 5 heteroatoms. The second-order valence-electron chi connectivity index (χ2n) is 6.91. The van der Waals surface area contributed by atoms with Crippen molar-refractivity contribution >= 4 is 11.8 Å². The van der Waals surface area contributed by atoms with Crippen LogP contribution in [0.5, 0.6) is 0 Å². The molecule has 0 spiro atoms. The van der Waals surface area contributed by atoms with E-state index in [0.29, 0.717) is 25.9 Å². The van der Waals surface area contributed by atoms with Crippen LogP contribution in [0, 0.1) is 5.82 Å². The van der Waals surface area contributed by atoms with Gasteiger partial charge in [-0.25, -0.2) is 4.39 Å². The lowest BCUT2D eigenvalue weighted by Crippen LogP contribution is -2.47. The van der Waals surface area contributed by atoms with Gasteiger partial charge in [0.1, 0.15) is 11.9 Å². The molecule has 1 unspecified atom stereocenters. The molecule has 142 valence electrons. The first-order chi connectivity index (χ1) is 13.1. The van der Waals surface area contributed by atoms with Gasteiger partial charge in [-0.3, -0.25) is 9.59 Å². The Kier molecular flexibility index (Phi) is 6.22. The Morgan fingerprint density at radius 2 is 1.85 bits per heavy atom. The molecule has 0 aliphatic carbocycles. The molecular formula is C22H25FN2O2. The van der Waals surface area contributed by atoms with Gasteiger partial charge in [-0.15, -0.1) is 0 Å². The van der Waals surface area contributed by atoms with Gasteiger partial charge < -0.3 is 10.2 Å². The molecule has 2 atom stereocenters. The number of hydrogen-bond acceptors (Lipinski definition) is 2. The minimum atomic E-state index is -0.435. The van der Waals surface area contributed by atoms with Gasteiger partial charge in [-0.1, -0.05) is 49.4 Å². The molecule has 1 fully saturated rings. The quantitative estimate of drug-likeness (QED) is 0.847. The Hall–Kier alpha value is -2.69. The summed E-state index contributed by atoms with van der Waals surface area (Å²) in [5.74, 6) is -0.839. The summed E-state index contributed by atoms with van der Waals surface area (Å²) < 4.78 is 13.2. The number of nitrogens with one attached hydrogen (secondary N) is 1. The van der Waals surface area contributed by atoms with E-state index in [1.807, 2.05) is 37.3 Å². The van der Waals surface area contributed by atoms with Crippen LogP contribution < -0.4 is 5.32 Å². The summed E-state index contributed by atoms with van der Waals surface area (Å²) >= 11 is 0. The smallest absolute Gasteiger partial charge is 0.243 e. The molecule has 4 nitrogen and oxygen atoms in total. The topological polar surface area (TPSA) is 49.4 Å². The Bertz CT molecular complexity index is 777. The van der Waals surface area contributed by atoms with E-state index in [2.05, 4.69) is 5.32 Å².